The van der Waals surface area contributed by atoms with Crippen LogP contribution in [0.15, 0.2) is 12.4 Å². The summed E-state index contributed by atoms with van der Waals surface area (Å²) in [6.07, 6.45) is 4.55. The molecule has 136 valence electrons. The van der Waals surface area contributed by atoms with E-state index in [0.717, 1.165) is 49.2 Å². The van der Waals surface area contributed by atoms with Crippen molar-refractivity contribution < 1.29 is 8.76 Å². The monoisotopic (exact) mass is 384 g/mol. The van der Waals surface area contributed by atoms with E-state index in [4.69, 9.17) is 11.6 Å². The zero-order chi connectivity index (χ0) is 17.6. The minimum absolute atomic E-state index is 0.366. The molecule has 1 saturated heterocycles. The van der Waals surface area contributed by atoms with E-state index >= 15 is 0 Å². The van der Waals surface area contributed by atoms with Gasteiger partial charge in [0.1, 0.15) is 17.0 Å². The molecule has 0 bridgehead atoms. The quantitative estimate of drug-likeness (QED) is 0.557. The molecule has 0 aromatic carbocycles. The standard InChI is InChI=1S/C15H21ClN6O2S/c1-10-6-13(16)22-14(10)15(17-9-18-22)20-7-11(8-20)4-5-21(25(23)24)19-12-2-3-12/h6,9,11-12,19H,2-5,7-8H2,1H3,(H,23,24). The third-order valence-electron chi connectivity index (χ3n) is 4.77. The Morgan fingerprint density at radius 1 is 1.48 bits per heavy atom. The Morgan fingerprint density at radius 3 is 2.92 bits per heavy atom. The number of nitrogens with one attached hydrogen (secondary N) is 1. The highest BCUT2D eigenvalue weighted by molar-refractivity contribution is 7.76. The number of hydrogen-bond acceptors (Lipinski definition) is 5. The Morgan fingerprint density at radius 2 is 2.24 bits per heavy atom. The second-order valence-electron chi connectivity index (χ2n) is 6.79. The molecule has 3 heterocycles. The molecule has 1 atom stereocenters. The number of hydrogen-bond donors (Lipinski definition) is 2. The molecule has 2 fully saturated rings. The van der Waals surface area contributed by atoms with Gasteiger partial charge in [-0.15, -0.1) is 4.41 Å². The molecule has 8 nitrogen and oxygen atoms in total. The number of fused-ring (bicyclic) bond motifs is 1. The summed E-state index contributed by atoms with van der Waals surface area (Å²) in [5.74, 6) is 1.38. The maximum Gasteiger partial charge on any atom is 0.248 e. The average molecular weight is 385 g/mol. The Kier molecular flexibility index (Phi) is 4.67. The summed E-state index contributed by atoms with van der Waals surface area (Å²) in [5.41, 5.74) is 5.10. The van der Waals surface area contributed by atoms with Gasteiger partial charge in [0.25, 0.3) is 0 Å². The molecule has 25 heavy (non-hydrogen) atoms. The molecule has 4 rings (SSSR count). The van der Waals surface area contributed by atoms with Crippen molar-refractivity contribution >= 4 is 34.2 Å². The van der Waals surface area contributed by atoms with Crippen molar-refractivity contribution in [3.63, 3.8) is 0 Å². The number of hydrazine groups is 1. The van der Waals surface area contributed by atoms with E-state index in [1.165, 1.54) is 10.7 Å². The molecule has 1 aliphatic heterocycles. The van der Waals surface area contributed by atoms with E-state index in [2.05, 4.69) is 20.4 Å². The van der Waals surface area contributed by atoms with E-state index in [0.29, 0.717) is 23.7 Å². The number of halogens is 1. The number of anilines is 1. The zero-order valence-corrected chi connectivity index (χ0v) is 15.5. The lowest BCUT2D eigenvalue weighted by Crippen LogP contribution is -2.50. The highest BCUT2D eigenvalue weighted by Gasteiger charge is 2.32. The van der Waals surface area contributed by atoms with Crippen molar-refractivity contribution in [3.8, 4) is 0 Å². The van der Waals surface area contributed by atoms with Gasteiger partial charge in [-0.1, -0.05) is 11.6 Å². The van der Waals surface area contributed by atoms with Gasteiger partial charge in [0.2, 0.25) is 11.3 Å². The molecule has 2 aromatic heterocycles. The van der Waals surface area contributed by atoms with Crippen LogP contribution in [0, 0.1) is 12.8 Å². The van der Waals surface area contributed by atoms with Crippen molar-refractivity contribution in [3.05, 3.63) is 23.1 Å². The number of rotatable bonds is 7. The SMILES string of the molecule is Cc1cc(Cl)n2ncnc(N3CC(CCN(NC4CC4)S(=O)O)C3)c12. The smallest absolute Gasteiger partial charge is 0.248 e. The Balaban J connectivity index is 1.36. The largest absolute Gasteiger partial charge is 0.354 e. The highest BCUT2D eigenvalue weighted by atomic mass is 35.5. The van der Waals surface area contributed by atoms with Gasteiger partial charge in [0, 0.05) is 25.7 Å². The molecular formula is C15H21ClN6O2S. The van der Waals surface area contributed by atoms with Crippen LogP contribution >= 0.6 is 11.6 Å². The van der Waals surface area contributed by atoms with Crippen LogP contribution < -0.4 is 10.3 Å². The van der Waals surface area contributed by atoms with Crippen LogP contribution in [0.1, 0.15) is 24.8 Å². The van der Waals surface area contributed by atoms with Crippen molar-refractivity contribution in [2.45, 2.75) is 32.2 Å². The van der Waals surface area contributed by atoms with Crippen LogP contribution in [-0.2, 0) is 11.3 Å². The first-order valence-electron chi connectivity index (χ1n) is 8.41. The lowest BCUT2D eigenvalue weighted by molar-refractivity contribution is 0.264. The predicted molar refractivity (Wildman–Crippen MR) is 96.7 cm³/mol. The highest BCUT2D eigenvalue weighted by Crippen LogP contribution is 2.32. The number of aromatic nitrogens is 3. The van der Waals surface area contributed by atoms with Crippen LogP contribution in [0.2, 0.25) is 5.15 Å². The molecule has 0 spiro atoms. The molecule has 1 aliphatic carbocycles. The summed E-state index contributed by atoms with van der Waals surface area (Å²) >= 11 is 4.22. The van der Waals surface area contributed by atoms with Gasteiger partial charge in [-0.25, -0.2) is 19.1 Å². The summed E-state index contributed by atoms with van der Waals surface area (Å²) < 4.78 is 23.9. The van der Waals surface area contributed by atoms with Crippen molar-refractivity contribution in [1.82, 2.24) is 24.4 Å². The summed E-state index contributed by atoms with van der Waals surface area (Å²) in [6.45, 7) is 4.32. The van der Waals surface area contributed by atoms with Crippen molar-refractivity contribution in [2.75, 3.05) is 24.5 Å². The molecule has 0 radical (unpaired) electrons. The van der Waals surface area contributed by atoms with Gasteiger partial charge < -0.3 is 4.90 Å². The van der Waals surface area contributed by atoms with Gasteiger partial charge in [0.05, 0.1) is 0 Å². The van der Waals surface area contributed by atoms with E-state index in [1.54, 1.807) is 4.52 Å². The minimum Gasteiger partial charge on any atom is -0.354 e. The fraction of sp³-hybridized carbons (Fsp3) is 0.600. The Hall–Kier alpha value is -1.26. The summed E-state index contributed by atoms with van der Waals surface area (Å²) in [5, 5.41) is 4.79. The second-order valence-corrected chi connectivity index (χ2v) is 8.08. The van der Waals surface area contributed by atoms with Gasteiger partial charge in [-0.2, -0.15) is 5.10 Å². The van der Waals surface area contributed by atoms with Crippen LogP contribution in [0.4, 0.5) is 5.82 Å². The first kappa shape index (κ1) is 17.2. The summed E-state index contributed by atoms with van der Waals surface area (Å²) in [4.78, 5) is 6.64. The topological polar surface area (TPSA) is 86.0 Å². The van der Waals surface area contributed by atoms with Gasteiger partial charge in [-0.3, -0.25) is 4.55 Å². The van der Waals surface area contributed by atoms with Crippen LogP contribution in [0.3, 0.4) is 0 Å². The lowest BCUT2D eigenvalue weighted by atomic mass is 9.96. The molecule has 0 amide bonds. The van der Waals surface area contributed by atoms with Crippen LogP contribution in [0.25, 0.3) is 5.52 Å². The third-order valence-corrected chi connectivity index (χ3v) is 5.71. The molecule has 2 aromatic rings. The summed E-state index contributed by atoms with van der Waals surface area (Å²) in [7, 11) is 0. The van der Waals surface area contributed by atoms with E-state index in [1.807, 2.05) is 13.0 Å². The van der Waals surface area contributed by atoms with Crippen molar-refractivity contribution in [2.24, 2.45) is 5.92 Å². The average Bonchev–Trinajstić information content (AvgIpc) is 3.30. The lowest BCUT2D eigenvalue weighted by Gasteiger charge is -2.41. The van der Waals surface area contributed by atoms with Crippen LogP contribution in [0.5, 0.6) is 0 Å². The maximum absolute atomic E-state index is 11.4. The van der Waals surface area contributed by atoms with E-state index < -0.39 is 11.3 Å². The second kappa shape index (κ2) is 6.81. The van der Waals surface area contributed by atoms with Crippen molar-refractivity contribution in [1.29, 1.82) is 0 Å². The van der Waals surface area contributed by atoms with E-state index in [-0.39, 0.29) is 0 Å². The van der Waals surface area contributed by atoms with Gasteiger partial charge in [0.15, 0.2) is 5.82 Å². The van der Waals surface area contributed by atoms with Crippen LogP contribution in [-0.4, -0.2) is 53.5 Å². The third kappa shape index (κ3) is 3.52. The fourth-order valence-corrected chi connectivity index (χ4v) is 4.01. The molecule has 10 heteroatoms. The Bertz CT molecular complexity index is 805. The Labute approximate surface area is 153 Å². The molecule has 1 saturated carbocycles. The minimum atomic E-state index is -1.97. The fourth-order valence-electron chi connectivity index (χ4n) is 3.22. The molecule has 1 unspecified atom stereocenters. The number of aryl methyl sites for hydroxylation is 1. The van der Waals surface area contributed by atoms with Gasteiger partial charge >= 0.3 is 0 Å². The number of nitrogens with zero attached hydrogens (tertiary/aromatic N) is 5. The zero-order valence-electron chi connectivity index (χ0n) is 13.9. The maximum atomic E-state index is 11.4. The molecule has 2 N–H and O–H groups in total. The normalized spacial score (nSPS) is 19.6. The first-order valence-corrected chi connectivity index (χ1v) is 9.85. The molecule has 2 aliphatic rings. The predicted octanol–water partition coefficient (Wildman–Crippen LogP) is 1.62. The first-order chi connectivity index (χ1) is 12.0. The summed E-state index contributed by atoms with van der Waals surface area (Å²) in [6, 6.07) is 2.26. The van der Waals surface area contributed by atoms with E-state index in [9.17, 15) is 8.76 Å². The van der Waals surface area contributed by atoms with Gasteiger partial charge in [-0.05, 0) is 43.7 Å². The molecular weight excluding hydrogens is 364 g/mol.